The first-order chi connectivity index (χ1) is 16.7. The Balaban J connectivity index is 1.20. The lowest BCUT2D eigenvalue weighted by Crippen LogP contribution is -2.40. The van der Waals surface area contributed by atoms with E-state index in [4.69, 9.17) is 9.40 Å². The third-order valence-corrected chi connectivity index (χ3v) is 7.70. The van der Waals surface area contributed by atoms with Crippen LogP contribution in [-0.4, -0.2) is 40.8 Å². The molecule has 2 fully saturated rings. The fourth-order valence-corrected chi connectivity index (χ4v) is 5.55. The van der Waals surface area contributed by atoms with Crippen LogP contribution < -0.4 is 5.32 Å². The molecule has 4 aromatic rings. The number of carbonyl (C=O) groups is 2. The van der Waals surface area contributed by atoms with Crippen molar-refractivity contribution >= 4 is 34.1 Å². The Morgan fingerprint density at radius 3 is 2.62 bits per heavy atom. The van der Waals surface area contributed by atoms with Crippen LogP contribution in [0.5, 0.6) is 0 Å². The molecule has 2 saturated carbocycles. The van der Waals surface area contributed by atoms with Gasteiger partial charge in [-0.3, -0.25) is 9.59 Å². The molecule has 2 aromatic heterocycles. The van der Waals surface area contributed by atoms with Crippen LogP contribution in [0.3, 0.4) is 0 Å². The van der Waals surface area contributed by atoms with Crippen LogP contribution in [0.2, 0.25) is 0 Å². The van der Waals surface area contributed by atoms with Gasteiger partial charge in [-0.15, -0.1) is 11.3 Å². The maximum Gasteiger partial charge on any atom is 0.274 e. The molecule has 0 unspecified atom stereocenters. The summed E-state index contributed by atoms with van der Waals surface area (Å²) in [6, 6.07) is 17.5. The van der Waals surface area contributed by atoms with Crippen molar-refractivity contribution in [1.29, 1.82) is 0 Å². The highest BCUT2D eigenvalue weighted by molar-refractivity contribution is 7.15. The summed E-state index contributed by atoms with van der Waals surface area (Å²) in [5.41, 5.74) is 2.85. The largest absolute Gasteiger partial charge is 0.464 e. The van der Waals surface area contributed by atoms with E-state index in [9.17, 15) is 9.59 Å². The third kappa shape index (κ3) is 4.12. The summed E-state index contributed by atoms with van der Waals surface area (Å²) in [7, 11) is 0. The number of amides is 2. The van der Waals surface area contributed by atoms with Gasteiger partial charge in [-0.2, -0.15) is 0 Å². The average molecular weight is 472 g/mol. The summed E-state index contributed by atoms with van der Waals surface area (Å²) < 4.78 is 5.40. The van der Waals surface area contributed by atoms with Crippen LogP contribution in [0.4, 0.5) is 0 Å². The predicted octanol–water partition coefficient (Wildman–Crippen LogP) is 5.47. The van der Waals surface area contributed by atoms with Crippen LogP contribution in [0.1, 0.15) is 57.5 Å². The van der Waals surface area contributed by atoms with Crippen LogP contribution in [0, 0.1) is 0 Å². The van der Waals surface area contributed by atoms with E-state index < -0.39 is 0 Å². The Morgan fingerprint density at radius 1 is 1.03 bits per heavy atom. The minimum atomic E-state index is -0.162. The van der Waals surface area contributed by atoms with E-state index in [1.54, 1.807) is 29.7 Å². The number of hydrogen-bond donors (Lipinski definition) is 1. The number of nitrogens with one attached hydrogen (secondary N) is 1. The smallest absolute Gasteiger partial charge is 0.274 e. The van der Waals surface area contributed by atoms with Gasteiger partial charge in [-0.25, -0.2) is 4.98 Å². The van der Waals surface area contributed by atoms with E-state index in [0.717, 1.165) is 46.5 Å². The van der Waals surface area contributed by atoms with Crippen LogP contribution >= 0.6 is 11.3 Å². The number of nitrogens with zero attached hydrogens (tertiary/aromatic N) is 2. The van der Waals surface area contributed by atoms with Gasteiger partial charge in [-0.05, 0) is 49.4 Å². The molecule has 6 rings (SSSR count). The number of hydrogen-bond acceptors (Lipinski definition) is 5. The molecule has 6 nitrogen and oxygen atoms in total. The van der Waals surface area contributed by atoms with E-state index in [-0.39, 0.29) is 17.9 Å². The van der Waals surface area contributed by atoms with Gasteiger partial charge >= 0.3 is 0 Å². The zero-order valence-electron chi connectivity index (χ0n) is 18.7. The molecule has 0 spiro atoms. The number of fused-ring (bicyclic) bond motifs is 1. The lowest BCUT2D eigenvalue weighted by molar-refractivity contribution is 0.0732. The van der Waals surface area contributed by atoms with Crippen molar-refractivity contribution in [2.24, 2.45) is 0 Å². The van der Waals surface area contributed by atoms with Crippen molar-refractivity contribution in [3.05, 3.63) is 77.1 Å². The van der Waals surface area contributed by atoms with E-state index in [2.05, 4.69) is 5.32 Å². The summed E-state index contributed by atoms with van der Waals surface area (Å²) in [6.45, 7) is 0.844. The van der Waals surface area contributed by atoms with Crippen molar-refractivity contribution < 1.29 is 14.0 Å². The van der Waals surface area contributed by atoms with Crippen molar-refractivity contribution in [3.8, 4) is 10.4 Å². The number of benzene rings is 2. The average Bonchev–Trinajstić information content (AvgIpc) is 3.80. The molecule has 2 aromatic carbocycles. The van der Waals surface area contributed by atoms with Crippen molar-refractivity contribution in [3.63, 3.8) is 0 Å². The second-order valence-corrected chi connectivity index (χ2v) is 10.0. The van der Waals surface area contributed by atoms with Crippen molar-refractivity contribution in [2.45, 2.75) is 37.6 Å². The van der Waals surface area contributed by atoms with Gasteiger partial charge < -0.3 is 14.6 Å². The van der Waals surface area contributed by atoms with Gasteiger partial charge in [0.1, 0.15) is 11.3 Å². The topological polar surface area (TPSA) is 75.4 Å². The summed E-state index contributed by atoms with van der Waals surface area (Å²) in [5.74, 6) is 0.300. The molecule has 172 valence electrons. The number of thiazole rings is 1. The molecule has 0 atom stereocenters. The number of carbonyl (C=O) groups excluding carboxylic acids is 2. The molecule has 2 aliphatic carbocycles. The summed E-state index contributed by atoms with van der Waals surface area (Å²) >= 11 is 1.65. The second kappa shape index (κ2) is 8.72. The summed E-state index contributed by atoms with van der Waals surface area (Å²) in [5, 5.41) is 4.85. The predicted molar refractivity (Wildman–Crippen MR) is 132 cm³/mol. The molecule has 2 heterocycles. The number of furan rings is 1. The first kappa shape index (κ1) is 21.1. The van der Waals surface area contributed by atoms with Gasteiger partial charge in [0, 0.05) is 30.4 Å². The van der Waals surface area contributed by atoms with E-state index in [0.29, 0.717) is 35.8 Å². The summed E-state index contributed by atoms with van der Waals surface area (Å²) in [4.78, 5) is 34.2. The van der Waals surface area contributed by atoms with Crippen molar-refractivity contribution in [2.75, 3.05) is 13.1 Å². The van der Waals surface area contributed by atoms with Crippen LogP contribution in [-0.2, 0) is 0 Å². The first-order valence-electron chi connectivity index (χ1n) is 11.8. The standard InChI is InChI=1S/C27H25N3O3S/c31-25(21-7-4-8-22-20(21)13-16-33-22)28-14-15-30(19-11-12-19)27(32)23-24(17-5-2-1-3-6-17)34-26(29-23)18-9-10-18/h1-8,13,16,18-19H,9-12,14-15H2,(H,28,31). The normalized spacial score (nSPS) is 15.4. The first-order valence-corrected chi connectivity index (χ1v) is 12.6. The molecular formula is C27H25N3O3S. The van der Waals surface area contributed by atoms with Gasteiger partial charge in [0.25, 0.3) is 11.8 Å². The van der Waals surface area contributed by atoms with E-state index in [1.165, 1.54) is 0 Å². The fourth-order valence-electron chi connectivity index (χ4n) is 4.32. The SMILES string of the molecule is O=C(NCCN(C(=O)c1nc(C2CC2)sc1-c1ccccc1)C1CC1)c1cccc2occc12. The van der Waals surface area contributed by atoms with Crippen molar-refractivity contribution in [1.82, 2.24) is 15.2 Å². The maximum atomic E-state index is 13.7. The zero-order chi connectivity index (χ0) is 23.1. The minimum Gasteiger partial charge on any atom is -0.464 e. The van der Waals surface area contributed by atoms with Crippen LogP contribution in [0.15, 0.2) is 65.3 Å². The van der Waals surface area contributed by atoms with E-state index >= 15 is 0 Å². The van der Waals surface area contributed by atoms with Gasteiger partial charge in [-0.1, -0.05) is 36.4 Å². The third-order valence-electron chi connectivity index (χ3n) is 6.44. The highest BCUT2D eigenvalue weighted by Gasteiger charge is 2.37. The number of rotatable bonds is 8. The molecule has 34 heavy (non-hydrogen) atoms. The molecule has 1 N–H and O–H groups in total. The maximum absolute atomic E-state index is 13.7. The Kier molecular flexibility index (Phi) is 5.41. The molecule has 0 bridgehead atoms. The lowest BCUT2D eigenvalue weighted by Gasteiger charge is -2.22. The highest BCUT2D eigenvalue weighted by Crippen LogP contribution is 2.45. The molecule has 0 saturated heterocycles. The Morgan fingerprint density at radius 2 is 1.85 bits per heavy atom. The number of aromatic nitrogens is 1. The highest BCUT2D eigenvalue weighted by atomic mass is 32.1. The zero-order valence-corrected chi connectivity index (χ0v) is 19.5. The molecule has 2 aliphatic rings. The molecule has 2 amide bonds. The molecular weight excluding hydrogens is 446 g/mol. The Hall–Kier alpha value is -3.45. The second-order valence-electron chi connectivity index (χ2n) is 8.99. The van der Waals surface area contributed by atoms with Gasteiger partial charge in [0.05, 0.1) is 21.7 Å². The summed E-state index contributed by atoms with van der Waals surface area (Å²) in [6.07, 6.45) is 5.87. The van der Waals surface area contributed by atoms with Gasteiger partial charge in [0.2, 0.25) is 0 Å². The van der Waals surface area contributed by atoms with Crippen LogP contribution in [0.25, 0.3) is 21.4 Å². The lowest BCUT2D eigenvalue weighted by atomic mass is 10.1. The van der Waals surface area contributed by atoms with Gasteiger partial charge in [0.15, 0.2) is 0 Å². The molecule has 7 heteroatoms. The quantitative estimate of drug-likeness (QED) is 0.370. The molecule has 0 aliphatic heterocycles. The Bertz CT molecular complexity index is 1350. The van der Waals surface area contributed by atoms with E-state index in [1.807, 2.05) is 47.4 Å². The Labute approximate surface area is 201 Å². The fraction of sp³-hybridized carbons (Fsp3) is 0.296. The minimum absolute atomic E-state index is 0.0318. The molecule has 0 radical (unpaired) electrons. The monoisotopic (exact) mass is 471 g/mol.